The second-order valence-corrected chi connectivity index (χ2v) is 5.22. The Bertz CT molecular complexity index is 555. The maximum Gasteiger partial charge on any atom is 0.307 e. The van der Waals surface area contributed by atoms with Gasteiger partial charge in [-0.2, -0.15) is 0 Å². The first-order valence-electron chi connectivity index (χ1n) is 5.39. The lowest BCUT2D eigenvalue weighted by Crippen LogP contribution is -2.02. The van der Waals surface area contributed by atoms with Crippen LogP contribution in [-0.4, -0.2) is 11.1 Å². The third kappa shape index (κ3) is 3.28. The second kappa shape index (κ2) is 5.94. The van der Waals surface area contributed by atoms with E-state index >= 15 is 0 Å². The van der Waals surface area contributed by atoms with Crippen LogP contribution in [0.1, 0.15) is 5.56 Å². The minimum absolute atomic E-state index is 0.0607. The van der Waals surface area contributed by atoms with Gasteiger partial charge in [0.15, 0.2) is 0 Å². The summed E-state index contributed by atoms with van der Waals surface area (Å²) in [6.07, 6.45) is -0.0607. The van der Waals surface area contributed by atoms with Gasteiger partial charge in [-0.05, 0) is 29.8 Å². The van der Waals surface area contributed by atoms with Crippen LogP contribution in [0.2, 0.25) is 5.02 Å². The summed E-state index contributed by atoms with van der Waals surface area (Å²) in [5, 5.41) is 9.41. The third-order valence-corrected chi connectivity index (χ3v) is 3.84. The van der Waals surface area contributed by atoms with Gasteiger partial charge in [-0.3, -0.25) is 4.79 Å². The number of carbonyl (C=O) groups is 1. The summed E-state index contributed by atoms with van der Waals surface area (Å²) in [5.74, 6) is -0.877. The molecule has 0 aliphatic carbocycles. The highest BCUT2D eigenvalue weighted by Crippen LogP contribution is 2.33. The van der Waals surface area contributed by atoms with Crippen LogP contribution in [-0.2, 0) is 11.2 Å². The van der Waals surface area contributed by atoms with Gasteiger partial charge in [0.25, 0.3) is 0 Å². The average Bonchev–Trinajstić information content (AvgIpc) is 2.34. The van der Waals surface area contributed by atoms with Gasteiger partial charge in [0.1, 0.15) is 0 Å². The Morgan fingerprint density at radius 2 is 1.83 bits per heavy atom. The van der Waals surface area contributed by atoms with Crippen LogP contribution in [0.15, 0.2) is 58.3 Å². The molecular formula is C14H11ClO2S. The minimum Gasteiger partial charge on any atom is -0.481 e. The van der Waals surface area contributed by atoms with Crippen molar-refractivity contribution in [1.29, 1.82) is 0 Å². The second-order valence-electron chi connectivity index (χ2n) is 3.70. The highest BCUT2D eigenvalue weighted by atomic mass is 35.5. The van der Waals surface area contributed by atoms with Crippen molar-refractivity contribution in [2.45, 2.75) is 16.2 Å². The van der Waals surface area contributed by atoms with Crippen molar-refractivity contribution in [3.05, 3.63) is 59.1 Å². The van der Waals surface area contributed by atoms with E-state index in [0.29, 0.717) is 10.6 Å². The van der Waals surface area contributed by atoms with Gasteiger partial charge in [0.2, 0.25) is 0 Å². The molecule has 0 aromatic heterocycles. The molecule has 0 bridgehead atoms. The smallest absolute Gasteiger partial charge is 0.307 e. The molecule has 0 heterocycles. The van der Waals surface area contributed by atoms with E-state index in [9.17, 15) is 4.79 Å². The van der Waals surface area contributed by atoms with Crippen LogP contribution in [0.4, 0.5) is 0 Å². The summed E-state index contributed by atoms with van der Waals surface area (Å²) in [5.41, 5.74) is 0.667. The fourth-order valence-corrected chi connectivity index (χ4v) is 2.87. The molecule has 1 N–H and O–H groups in total. The van der Waals surface area contributed by atoms with Gasteiger partial charge in [0.05, 0.1) is 6.42 Å². The van der Waals surface area contributed by atoms with Crippen molar-refractivity contribution in [2.24, 2.45) is 0 Å². The highest BCUT2D eigenvalue weighted by molar-refractivity contribution is 7.99. The van der Waals surface area contributed by atoms with Crippen LogP contribution in [0.5, 0.6) is 0 Å². The van der Waals surface area contributed by atoms with Crippen molar-refractivity contribution in [1.82, 2.24) is 0 Å². The third-order valence-electron chi connectivity index (χ3n) is 2.37. The Balaban J connectivity index is 2.32. The van der Waals surface area contributed by atoms with E-state index in [1.165, 1.54) is 11.8 Å². The number of aliphatic carboxylic acids is 1. The number of benzene rings is 2. The maximum absolute atomic E-state index is 10.9. The van der Waals surface area contributed by atoms with E-state index in [0.717, 1.165) is 9.79 Å². The van der Waals surface area contributed by atoms with Gasteiger partial charge in [0, 0.05) is 14.8 Å². The fraction of sp³-hybridized carbons (Fsp3) is 0.0714. The number of hydrogen-bond acceptors (Lipinski definition) is 2. The quantitative estimate of drug-likeness (QED) is 0.914. The van der Waals surface area contributed by atoms with Crippen molar-refractivity contribution < 1.29 is 9.90 Å². The lowest BCUT2D eigenvalue weighted by atomic mass is 10.1. The summed E-state index contributed by atoms with van der Waals surface area (Å²) in [6.45, 7) is 0. The number of halogens is 1. The monoisotopic (exact) mass is 278 g/mol. The standard InChI is InChI=1S/C14H11ClO2S/c15-12-7-4-8-13(11(12)9-14(16)17)18-10-5-2-1-3-6-10/h1-8H,9H2,(H,16,17). The maximum atomic E-state index is 10.9. The van der Waals surface area contributed by atoms with Gasteiger partial charge in [-0.1, -0.05) is 47.6 Å². The van der Waals surface area contributed by atoms with E-state index < -0.39 is 5.97 Å². The molecule has 2 aromatic carbocycles. The molecule has 4 heteroatoms. The number of rotatable bonds is 4. The Morgan fingerprint density at radius 1 is 1.11 bits per heavy atom. The van der Waals surface area contributed by atoms with E-state index in [1.807, 2.05) is 42.5 Å². The molecule has 0 fully saturated rings. The van der Waals surface area contributed by atoms with Gasteiger partial charge in [-0.15, -0.1) is 0 Å². The Hall–Kier alpha value is -1.45. The van der Waals surface area contributed by atoms with E-state index in [2.05, 4.69) is 0 Å². The van der Waals surface area contributed by atoms with Crippen molar-refractivity contribution >= 4 is 29.3 Å². The number of hydrogen-bond donors (Lipinski definition) is 1. The van der Waals surface area contributed by atoms with Crippen LogP contribution < -0.4 is 0 Å². The lowest BCUT2D eigenvalue weighted by molar-refractivity contribution is -0.136. The van der Waals surface area contributed by atoms with Crippen molar-refractivity contribution in [3.8, 4) is 0 Å². The first-order valence-corrected chi connectivity index (χ1v) is 6.58. The molecule has 2 rings (SSSR count). The highest BCUT2D eigenvalue weighted by Gasteiger charge is 2.11. The molecule has 0 aliphatic heterocycles. The Morgan fingerprint density at radius 3 is 2.50 bits per heavy atom. The van der Waals surface area contributed by atoms with Gasteiger partial charge in [-0.25, -0.2) is 0 Å². The summed E-state index contributed by atoms with van der Waals surface area (Å²) < 4.78 is 0. The molecule has 0 spiro atoms. The summed E-state index contributed by atoms with van der Waals surface area (Å²) in [7, 11) is 0. The van der Waals surface area contributed by atoms with Crippen LogP contribution in [0.25, 0.3) is 0 Å². The zero-order valence-corrected chi connectivity index (χ0v) is 11.0. The normalized spacial score (nSPS) is 10.3. The zero-order chi connectivity index (χ0) is 13.0. The largest absolute Gasteiger partial charge is 0.481 e. The molecule has 0 amide bonds. The predicted octanol–water partition coefficient (Wildman–Crippen LogP) is 4.12. The topological polar surface area (TPSA) is 37.3 Å². The van der Waals surface area contributed by atoms with Crippen molar-refractivity contribution in [2.75, 3.05) is 0 Å². The Labute approximate surface area is 115 Å². The van der Waals surface area contributed by atoms with Crippen LogP contribution in [0, 0.1) is 0 Å². The zero-order valence-electron chi connectivity index (χ0n) is 9.47. The van der Waals surface area contributed by atoms with Crippen LogP contribution >= 0.6 is 23.4 Å². The first kappa shape index (κ1) is 13.0. The van der Waals surface area contributed by atoms with E-state index in [1.54, 1.807) is 6.07 Å². The molecule has 2 aromatic rings. The number of carboxylic acids is 1. The minimum atomic E-state index is -0.877. The molecular weight excluding hydrogens is 268 g/mol. The van der Waals surface area contributed by atoms with E-state index in [-0.39, 0.29) is 6.42 Å². The van der Waals surface area contributed by atoms with Gasteiger partial charge < -0.3 is 5.11 Å². The fourth-order valence-electron chi connectivity index (χ4n) is 1.57. The predicted molar refractivity (Wildman–Crippen MR) is 73.4 cm³/mol. The molecule has 92 valence electrons. The molecule has 0 saturated heterocycles. The summed E-state index contributed by atoms with van der Waals surface area (Å²) in [4.78, 5) is 12.8. The molecule has 2 nitrogen and oxygen atoms in total. The summed E-state index contributed by atoms with van der Waals surface area (Å²) in [6, 6.07) is 15.2. The van der Waals surface area contributed by atoms with E-state index in [4.69, 9.17) is 16.7 Å². The lowest BCUT2D eigenvalue weighted by Gasteiger charge is -2.09. The molecule has 18 heavy (non-hydrogen) atoms. The SMILES string of the molecule is O=C(O)Cc1c(Cl)cccc1Sc1ccccc1. The number of carboxylic acid groups (broad SMARTS) is 1. The molecule has 0 unspecified atom stereocenters. The molecule has 0 radical (unpaired) electrons. The molecule has 0 saturated carbocycles. The van der Waals surface area contributed by atoms with Crippen molar-refractivity contribution in [3.63, 3.8) is 0 Å². The Kier molecular flexibility index (Phi) is 4.28. The molecule has 0 aliphatic rings. The van der Waals surface area contributed by atoms with Gasteiger partial charge >= 0.3 is 5.97 Å². The van der Waals surface area contributed by atoms with Crippen LogP contribution in [0.3, 0.4) is 0 Å². The first-order chi connectivity index (χ1) is 8.66. The molecule has 0 atom stereocenters. The summed E-state index contributed by atoms with van der Waals surface area (Å²) >= 11 is 7.59. The average molecular weight is 279 g/mol.